The van der Waals surface area contributed by atoms with E-state index in [1.54, 1.807) is 36.0 Å². The van der Waals surface area contributed by atoms with Gasteiger partial charge in [-0.25, -0.2) is 15.8 Å². The number of morpholine rings is 1. The minimum Gasteiger partial charge on any atom is -0.491 e. The van der Waals surface area contributed by atoms with Gasteiger partial charge in [-0.3, -0.25) is 34.0 Å². The van der Waals surface area contributed by atoms with E-state index in [0.717, 1.165) is 44.8 Å². The number of carbonyl (C=O) groups is 3. The molecule has 18 heteroatoms. The van der Waals surface area contributed by atoms with Gasteiger partial charge in [-0.15, -0.1) is 0 Å². The molecule has 1 saturated heterocycles. The second-order valence-electron chi connectivity index (χ2n) is 12.0. The summed E-state index contributed by atoms with van der Waals surface area (Å²) in [7, 11) is 1.77. The number of nitrogens with zero attached hydrogens (tertiary/aromatic N) is 8. The Balaban J connectivity index is 1.29. The lowest BCUT2D eigenvalue weighted by Gasteiger charge is -2.26. The minimum atomic E-state index is -0.570. The molecule has 1 fully saturated rings. The topological polar surface area (TPSA) is 215 Å². The fourth-order valence-electron chi connectivity index (χ4n) is 6.02. The average molecular weight is 731 g/mol. The van der Waals surface area contributed by atoms with Gasteiger partial charge in [-0.05, 0) is 44.5 Å². The molecule has 6 N–H and O–H groups in total. The smallest absolute Gasteiger partial charge is 0.297 e. The summed E-state index contributed by atoms with van der Waals surface area (Å²) in [6, 6.07) is 6.70. The van der Waals surface area contributed by atoms with Gasteiger partial charge in [-0.2, -0.15) is 10.1 Å². The van der Waals surface area contributed by atoms with E-state index in [2.05, 4.69) is 30.7 Å². The van der Waals surface area contributed by atoms with Crippen LogP contribution in [-0.4, -0.2) is 98.0 Å². The van der Waals surface area contributed by atoms with Crippen molar-refractivity contribution in [3.05, 3.63) is 69.9 Å². The van der Waals surface area contributed by atoms with E-state index >= 15 is 0 Å². The molecule has 5 heterocycles. The Bertz CT molecular complexity index is 2210. The number of thiazole rings is 1. The second-order valence-corrected chi connectivity index (χ2v) is 13.1. The number of hydrazine groups is 1. The van der Waals surface area contributed by atoms with E-state index < -0.39 is 17.7 Å². The normalized spacial score (nSPS) is 14.1. The lowest BCUT2D eigenvalue weighted by molar-refractivity contribution is 0.0358. The third-order valence-corrected chi connectivity index (χ3v) is 9.58. The van der Waals surface area contributed by atoms with Gasteiger partial charge >= 0.3 is 0 Å². The highest BCUT2D eigenvalue weighted by atomic mass is 32.1. The molecule has 0 spiro atoms. The fourth-order valence-corrected chi connectivity index (χ4v) is 7.06. The van der Waals surface area contributed by atoms with Crippen LogP contribution >= 0.6 is 11.3 Å². The van der Waals surface area contributed by atoms with Gasteiger partial charge in [0, 0.05) is 58.1 Å². The minimum absolute atomic E-state index is 0.279. The number of hydrogen-bond donors (Lipinski definition) is 4. The monoisotopic (exact) mass is 730 g/mol. The van der Waals surface area contributed by atoms with Crippen molar-refractivity contribution in [3.63, 3.8) is 0 Å². The van der Waals surface area contributed by atoms with Crippen LogP contribution in [0, 0.1) is 6.92 Å². The molecule has 0 bridgehead atoms. The van der Waals surface area contributed by atoms with Crippen molar-refractivity contribution in [2.75, 3.05) is 51.8 Å². The van der Waals surface area contributed by atoms with Crippen LogP contribution in [0.4, 0.5) is 5.95 Å². The largest absolute Gasteiger partial charge is 0.491 e. The highest BCUT2D eigenvalue weighted by Gasteiger charge is 2.19. The third kappa shape index (κ3) is 7.89. The first-order valence-electron chi connectivity index (χ1n) is 16.9. The number of amides is 3. The Labute approximate surface area is 302 Å². The molecule has 0 radical (unpaired) electrons. The summed E-state index contributed by atoms with van der Waals surface area (Å²) in [5, 5.41) is 7.52. The van der Waals surface area contributed by atoms with E-state index in [-0.39, 0.29) is 5.56 Å². The number of aromatic nitrogens is 6. The number of aryl methyl sites for hydroxylation is 2. The third-order valence-electron chi connectivity index (χ3n) is 8.57. The average Bonchev–Trinajstić information content (AvgIpc) is 3.83. The molecule has 1 aliphatic heterocycles. The Morgan fingerprint density at radius 2 is 1.87 bits per heavy atom. The molecular weight excluding hydrogens is 689 g/mol. The predicted octanol–water partition coefficient (Wildman–Crippen LogP) is 1.82. The summed E-state index contributed by atoms with van der Waals surface area (Å²) in [5.74, 6) is 4.94. The summed E-state index contributed by atoms with van der Waals surface area (Å²) >= 11 is 1.24. The number of nitrogens with two attached hydrogens (primary N) is 2. The van der Waals surface area contributed by atoms with Crippen LogP contribution in [-0.2, 0) is 24.4 Å². The first-order valence-corrected chi connectivity index (χ1v) is 17.8. The lowest BCUT2D eigenvalue weighted by Crippen LogP contribution is -2.37. The quantitative estimate of drug-likeness (QED) is 0.0425. The molecule has 0 unspecified atom stereocenters. The van der Waals surface area contributed by atoms with E-state index in [0.29, 0.717) is 75.6 Å². The van der Waals surface area contributed by atoms with Gasteiger partial charge in [0.05, 0.1) is 41.3 Å². The number of benzene rings is 1. The Morgan fingerprint density at radius 1 is 1.10 bits per heavy atom. The number of carbonyl (C=O) groups excluding carboxylic acids is 3. The van der Waals surface area contributed by atoms with Gasteiger partial charge in [0.15, 0.2) is 10.4 Å². The SMILES string of the molecule is CCn1nc(C)cc1C(=O)N=c1sc2cc(C(=O)NN)cnc2n1C/C=C/Cn1c(NC)nc2cc(C(N)=O)cc(OCCCN3CCOCC3)c21. The van der Waals surface area contributed by atoms with Crippen molar-refractivity contribution in [2.24, 2.45) is 16.6 Å². The summed E-state index contributed by atoms with van der Waals surface area (Å²) in [4.78, 5) is 54.3. The molecule has 0 atom stereocenters. The molecular formula is C34H42N12O5S. The molecule has 5 aromatic rings. The van der Waals surface area contributed by atoms with Crippen molar-refractivity contribution in [1.82, 2.24) is 39.2 Å². The summed E-state index contributed by atoms with van der Waals surface area (Å²) in [6.07, 6.45) is 6.12. The van der Waals surface area contributed by atoms with Gasteiger partial charge in [-0.1, -0.05) is 23.5 Å². The van der Waals surface area contributed by atoms with Crippen molar-refractivity contribution >= 4 is 56.4 Å². The highest BCUT2D eigenvalue weighted by molar-refractivity contribution is 7.16. The highest BCUT2D eigenvalue weighted by Crippen LogP contribution is 2.31. The van der Waals surface area contributed by atoms with Gasteiger partial charge < -0.3 is 25.1 Å². The number of imidazole rings is 1. The van der Waals surface area contributed by atoms with Crippen LogP contribution in [0.5, 0.6) is 5.75 Å². The van der Waals surface area contributed by atoms with Crippen LogP contribution in [0.25, 0.3) is 21.4 Å². The molecule has 1 aromatic carbocycles. The van der Waals surface area contributed by atoms with Crippen LogP contribution in [0.1, 0.15) is 50.2 Å². The number of pyridine rings is 1. The molecule has 6 rings (SSSR count). The number of fused-ring (bicyclic) bond motifs is 2. The number of nitrogens with one attached hydrogen (secondary N) is 2. The first kappa shape index (κ1) is 36.4. The van der Waals surface area contributed by atoms with Crippen LogP contribution in [0.3, 0.4) is 0 Å². The van der Waals surface area contributed by atoms with Crippen LogP contribution < -0.4 is 31.9 Å². The lowest BCUT2D eigenvalue weighted by atomic mass is 10.1. The molecule has 3 amide bonds. The van der Waals surface area contributed by atoms with Crippen molar-refractivity contribution in [2.45, 2.75) is 39.9 Å². The van der Waals surface area contributed by atoms with Crippen molar-refractivity contribution < 1.29 is 23.9 Å². The number of primary amides is 1. The molecule has 274 valence electrons. The van der Waals surface area contributed by atoms with Gasteiger partial charge in [0.25, 0.3) is 11.8 Å². The summed E-state index contributed by atoms with van der Waals surface area (Å²) < 4.78 is 17.8. The number of rotatable bonds is 14. The number of ether oxygens (including phenoxy) is 2. The van der Waals surface area contributed by atoms with Gasteiger partial charge in [0.1, 0.15) is 17.0 Å². The second kappa shape index (κ2) is 16.3. The standard InChI is InChI=1S/C34H42N12O5S/c1-4-46-25(16-21(2)42-46)32(49)40-34-45(30-27(52-34)19-23(20-38-30)31(48)41-36)10-6-5-9-44-28-24(39-33(44)37-3)17-22(29(35)47)18-26(28)51-13-7-8-43-11-14-50-15-12-43/h5-6,16-20H,4,7-15,36H2,1-3H3,(H2,35,47)(H,37,39)(H,41,48)/b6-5+,40-34?. The number of allylic oxidation sites excluding steroid dienone is 2. The first-order chi connectivity index (χ1) is 25.2. The Morgan fingerprint density at radius 3 is 2.58 bits per heavy atom. The number of hydrogen-bond acceptors (Lipinski definition) is 12. The fraction of sp³-hybridized carbons (Fsp3) is 0.382. The molecule has 1 aliphatic rings. The molecule has 0 saturated carbocycles. The summed E-state index contributed by atoms with van der Waals surface area (Å²) in [6.45, 7) is 9.51. The van der Waals surface area contributed by atoms with Crippen LogP contribution in [0.2, 0.25) is 0 Å². The maximum atomic E-state index is 13.4. The maximum absolute atomic E-state index is 13.4. The zero-order valence-corrected chi connectivity index (χ0v) is 30.1. The van der Waals surface area contributed by atoms with Gasteiger partial charge in [0.2, 0.25) is 11.9 Å². The predicted molar refractivity (Wildman–Crippen MR) is 196 cm³/mol. The van der Waals surface area contributed by atoms with Crippen molar-refractivity contribution in [3.8, 4) is 5.75 Å². The zero-order valence-electron chi connectivity index (χ0n) is 29.3. The molecule has 0 aliphatic carbocycles. The molecule has 17 nitrogen and oxygen atoms in total. The van der Waals surface area contributed by atoms with E-state index in [9.17, 15) is 14.4 Å². The van der Waals surface area contributed by atoms with E-state index in [1.807, 2.05) is 35.1 Å². The van der Waals surface area contributed by atoms with E-state index in [4.69, 9.17) is 26.0 Å². The number of nitrogen functional groups attached to an aromatic ring is 1. The maximum Gasteiger partial charge on any atom is 0.297 e. The zero-order chi connectivity index (χ0) is 36.8. The van der Waals surface area contributed by atoms with E-state index in [1.165, 1.54) is 17.5 Å². The molecule has 4 aromatic heterocycles. The summed E-state index contributed by atoms with van der Waals surface area (Å²) in [5.41, 5.74) is 11.3. The number of anilines is 1. The Hall–Kier alpha value is -5.43. The van der Waals surface area contributed by atoms with Crippen molar-refractivity contribution in [1.29, 1.82) is 0 Å². The molecule has 52 heavy (non-hydrogen) atoms. The Kier molecular flexibility index (Phi) is 11.4. The van der Waals surface area contributed by atoms with Crippen LogP contribution in [0.15, 0.2) is 47.6 Å².